The molecule has 6 heteroatoms. The van der Waals surface area contributed by atoms with Crippen LogP contribution in [0.15, 0.2) is 60.8 Å². The molecule has 2 aliphatic rings. The average Bonchev–Trinajstić information content (AvgIpc) is 2.78. The summed E-state index contributed by atoms with van der Waals surface area (Å²) in [5, 5.41) is 4.01. The molecule has 1 aromatic heterocycles. The van der Waals surface area contributed by atoms with Gasteiger partial charge in [0.2, 0.25) is 11.8 Å². The van der Waals surface area contributed by atoms with Gasteiger partial charge in [0.25, 0.3) is 0 Å². The maximum atomic E-state index is 12.9. The van der Waals surface area contributed by atoms with Crippen LogP contribution in [0.25, 0.3) is 10.9 Å². The zero-order chi connectivity index (χ0) is 20.5. The molecule has 1 fully saturated rings. The van der Waals surface area contributed by atoms with E-state index in [2.05, 4.69) is 27.3 Å². The highest BCUT2D eigenvalue weighted by Gasteiger charge is 2.31. The third-order valence-electron chi connectivity index (χ3n) is 6.08. The minimum absolute atomic E-state index is 0.0259. The van der Waals surface area contributed by atoms with Crippen LogP contribution in [0.4, 0.5) is 11.4 Å². The van der Waals surface area contributed by atoms with Gasteiger partial charge in [-0.05, 0) is 48.7 Å². The summed E-state index contributed by atoms with van der Waals surface area (Å²) >= 11 is 0. The summed E-state index contributed by atoms with van der Waals surface area (Å²) in [5.74, 6) is 0.187. The number of piperidine rings is 1. The van der Waals surface area contributed by atoms with Crippen molar-refractivity contribution in [3.63, 3.8) is 0 Å². The molecule has 2 amide bonds. The van der Waals surface area contributed by atoms with Gasteiger partial charge in [-0.1, -0.05) is 24.3 Å². The second kappa shape index (κ2) is 7.78. The summed E-state index contributed by atoms with van der Waals surface area (Å²) in [6.45, 7) is 1.82. The average molecular weight is 400 g/mol. The lowest BCUT2D eigenvalue weighted by Gasteiger charge is -2.41. The van der Waals surface area contributed by atoms with Gasteiger partial charge in [-0.3, -0.25) is 14.6 Å². The lowest BCUT2D eigenvalue weighted by atomic mass is 9.99. The number of aromatic nitrogens is 1. The first-order valence-corrected chi connectivity index (χ1v) is 10.4. The Morgan fingerprint density at radius 1 is 1.07 bits per heavy atom. The molecule has 30 heavy (non-hydrogen) atoms. The number of para-hydroxylation sites is 2. The van der Waals surface area contributed by atoms with E-state index < -0.39 is 0 Å². The van der Waals surface area contributed by atoms with Crippen molar-refractivity contribution >= 4 is 34.1 Å². The lowest BCUT2D eigenvalue weighted by molar-refractivity contribution is -0.131. The Balaban J connectivity index is 1.23. The van der Waals surface area contributed by atoms with Gasteiger partial charge in [-0.15, -0.1) is 0 Å². The van der Waals surface area contributed by atoms with E-state index in [1.807, 2.05) is 47.4 Å². The predicted molar refractivity (Wildman–Crippen MR) is 117 cm³/mol. The summed E-state index contributed by atoms with van der Waals surface area (Å²) in [7, 11) is 0. The van der Waals surface area contributed by atoms with Gasteiger partial charge in [0.1, 0.15) is 0 Å². The molecular formula is C24H24N4O2. The van der Waals surface area contributed by atoms with Crippen molar-refractivity contribution in [3.8, 4) is 0 Å². The number of hydrogen-bond donors (Lipinski definition) is 1. The lowest BCUT2D eigenvalue weighted by Crippen LogP contribution is -2.50. The molecule has 5 rings (SSSR count). The van der Waals surface area contributed by atoms with Gasteiger partial charge in [-0.2, -0.15) is 0 Å². The molecule has 0 bridgehead atoms. The Morgan fingerprint density at radius 2 is 1.90 bits per heavy atom. The topological polar surface area (TPSA) is 65.5 Å². The van der Waals surface area contributed by atoms with Crippen LogP contribution in [0, 0.1) is 0 Å². The number of rotatable bonds is 3. The number of nitrogens with zero attached hydrogens (tertiary/aromatic N) is 3. The number of pyridine rings is 1. The van der Waals surface area contributed by atoms with Gasteiger partial charge in [-0.25, -0.2) is 0 Å². The zero-order valence-corrected chi connectivity index (χ0v) is 16.8. The number of benzene rings is 2. The fraction of sp³-hybridized carbons (Fsp3) is 0.292. The first kappa shape index (κ1) is 18.6. The number of anilines is 2. The highest BCUT2D eigenvalue weighted by Crippen LogP contribution is 2.33. The van der Waals surface area contributed by atoms with Crippen molar-refractivity contribution in [1.29, 1.82) is 0 Å². The molecule has 0 saturated carbocycles. The Labute approximate surface area is 175 Å². The van der Waals surface area contributed by atoms with Crippen molar-refractivity contribution in [1.82, 2.24) is 9.88 Å². The molecule has 0 atom stereocenters. The molecule has 2 aliphatic heterocycles. The van der Waals surface area contributed by atoms with Crippen molar-refractivity contribution in [2.24, 2.45) is 0 Å². The molecule has 0 spiro atoms. The smallest absolute Gasteiger partial charge is 0.243 e. The van der Waals surface area contributed by atoms with Crippen LogP contribution in [0.5, 0.6) is 0 Å². The maximum Gasteiger partial charge on any atom is 0.243 e. The van der Waals surface area contributed by atoms with Crippen LogP contribution in [-0.4, -0.2) is 47.4 Å². The number of nitrogens with one attached hydrogen (secondary N) is 1. The van der Waals surface area contributed by atoms with Gasteiger partial charge in [0, 0.05) is 30.7 Å². The quantitative estimate of drug-likeness (QED) is 0.733. The van der Waals surface area contributed by atoms with E-state index in [1.54, 1.807) is 6.20 Å². The number of carbonyl (C=O) groups excluding carboxylic acids is 2. The van der Waals surface area contributed by atoms with Crippen molar-refractivity contribution in [3.05, 3.63) is 66.4 Å². The summed E-state index contributed by atoms with van der Waals surface area (Å²) in [4.78, 5) is 33.5. The van der Waals surface area contributed by atoms with E-state index in [-0.39, 0.29) is 17.9 Å². The second-order valence-electron chi connectivity index (χ2n) is 8.01. The molecule has 2 aromatic carbocycles. The molecule has 0 radical (unpaired) electrons. The monoisotopic (exact) mass is 400 g/mol. The summed E-state index contributed by atoms with van der Waals surface area (Å²) < 4.78 is 0. The first-order chi connectivity index (χ1) is 14.7. The predicted octanol–water partition coefficient (Wildman–Crippen LogP) is 3.23. The molecule has 1 saturated heterocycles. The fourth-order valence-electron chi connectivity index (χ4n) is 4.53. The van der Waals surface area contributed by atoms with Crippen LogP contribution in [0.2, 0.25) is 0 Å². The second-order valence-corrected chi connectivity index (χ2v) is 8.01. The number of amides is 2. The number of fused-ring (bicyclic) bond motifs is 2. The summed E-state index contributed by atoms with van der Waals surface area (Å²) in [6, 6.07) is 18.2. The third kappa shape index (κ3) is 3.61. The highest BCUT2D eigenvalue weighted by molar-refractivity contribution is 6.01. The van der Waals surface area contributed by atoms with E-state index in [9.17, 15) is 9.59 Å². The van der Waals surface area contributed by atoms with Gasteiger partial charge >= 0.3 is 0 Å². The van der Waals surface area contributed by atoms with E-state index >= 15 is 0 Å². The number of hydrogen-bond acceptors (Lipinski definition) is 4. The standard InChI is InChI=1S/C24H24N4O2/c29-23-16-28(22-6-2-1-5-21(22)26-23)19-9-12-27(13-10-19)24(30)15-17-7-8-20-18(14-17)4-3-11-25-20/h1-8,11,14,19H,9-10,12-13,15-16H2,(H,26,29). The molecule has 1 N–H and O–H groups in total. The van der Waals surface area contributed by atoms with Crippen LogP contribution in [0.1, 0.15) is 18.4 Å². The van der Waals surface area contributed by atoms with Crippen LogP contribution >= 0.6 is 0 Å². The summed E-state index contributed by atoms with van der Waals surface area (Å²) in [5.41, 5.74) is 3.91. The van der Waals surface area contributed by atoms with Crippen molar-refractivity contribution in [2.45, 2.75) is 25.3 Å². The number of likely N-dealkylation sites (tertiary alicyclic amines) is 1. The van der Waals surface area contributed by atoms with Gasteiger partial charge in [0.15, 0.2) is 0 Å². The van der Waals surface area contributed by atoms with Gasteiger partial charge < -0.3 is 15.1 Å². The van der Waals surface area contributed by atoms with E-state index in [0.29, 0.717) is 13.0 Å². The Morgan fingerprint density at radius 3 is 2.77 bits per heavy atom. The van der Waals surface area contributed by atoms with Crippen molar-refractivity contribution in [2.75, 3.05) is 29.9 Å². The molecule has 0 aliphatic carbocycles. The minimum atomic E-state index is 0.0259. The largest absolute Gasteiger partial charge is 0.357 e. The SMILES string of the molecule is O=C1CN(C2CCN(C(=O)Cc3ccc4ncccc4c3)CC2)c2ccccc2N1. The van der Waals surface area contributed by atoms with Crippen molar-refractivity contribution < 1.29 is 9.59 Å². The Hall–Kier alpha value is -3.41. The molecule has 3 heterocycles. The summed E-state index contributed by atoms with van der Waals surface area (Å²) in [6.07, 6.45) is 3.93. The third-order valence-corrected chi connectivity index (χ3v) is 6.08. The van der Waals surface area contributed by atoms with Crippen LogP contribution in [0.3, 0.4) is 0 Å². The first-order valence-electron chi connectivity index (χ1n) is 10.4. The Bertz CT molecular complexity index is 1110. The fourth-order valence-corrected chi connectivity index (χ4v) is 4.53. The van der Waals surface area contributed by atoms with E-state index in [4.69, 9.17) is 0 Å². The maximum absolute atomic E-state index is 12.9. The van der Waals surface area contributed by atoms with Gasteiger partial charge in [0.05, 0.1) is 29.9 Å². The molecule has 6 nitrogen and oxygen atoms in total. The Kier molecular flexibility index (Phi) is 4.83. The normalized spacial score (nSPS) is 17.0. The molecular weight excluding hydrogens is 376 g/mol. The molecule has 3 aromatic rings. The van der Waals surface area contributed by atoms with E-state index in [0.717, 1.165) is 53.8 Å². The van der Waals surface area contributed by atoms with Crippen LogP contribution in [-0.2, 0) is 16.0 Å². The zero-order valence-electron chi connectivity index (χ0n) is 16.8. The number of carbonyl (C=O) groups is 2. The molecule has 152 valence electrons. The molecule has 0 unspecified atom stereocenters. The highest BCUT2D eigenvalue weighted by atomic mass is 16.2. The van der Waals surface area contributed by atoms with E-state index in [1.165, 1.54) is 0 Å². The van der Waals surface area contributed by atoms with Crippen LogP contribution < -0.4 is 10.2 Å². The minimum Gasteiger partial charge on any atom is -0.357 e.